The summed E-state index contributed by atoms with van der Waals surface area (Å²) in [6.07, 6.45) is 2.45. The first-order chi connectivity index (χ1) is 16.8. The van der Waals surface area contributed by atoms with Gasteiger partial charge in [0.15, 0.2) is 8.32 Å². The zero-order chi connectivity index (χ0) is 26.7. The summed E-state index contributed by atoms with van der Waals surface area (Å²) < 4.78 is 17.5. The molecule has 10 heteroatoms. The Morgan fingerprint density at radius 1 is 1.33 bits per heavy atom. The maximum atomic E-state index is 11.8. The standard InChI is InChI=1S/C26H34BN3O5Si/c1-18-26(4,5)35-27(34-18)22-11-10-21(15-20(22)17-31)33-24-19(16-28)9-12-23(30-24)29-14-8-13-25(2,3)36(6,7)32/h9-12,15,17,32H,1,8,13-14H2,2-7H3,(H,29,30). The SMILES string of the molecule is C=C1OB(c2ccc(Oc3nc(NCCCC(C)(C)[Si](C)(C)O)ccc3C#N)cc2C=O)OC1(C)C. The van der Waals surface area contributed by atoms with Gasteiger partial charge in [0.1, 0.15) is 35.1 Å². The van der Waals surface area contributed by atoms with Gasteiger partial charge in [-0.15, -0.1) is 0 Å². The number of aromatic nitrogens is 1. The molecule has 0 saturated carbocycles. The van der Waals surface area contributed by atoms with Crippen LogP contribution in [0.4, 0.5) is 5.82 Å². The number of hydrogen-bond donors (Lipinski definition) is 2. The molecule has 1 fully saturated rings. The molecule has 0 bridgehead atoms. The Morgan fingerprint density at radius 2 is 2.06 bits per heavy atom. The van der Waals surface area contributed by atoms with Gasteiger partial charge in [-0.05, 0) is 69.1 Å². The van der Waals surface area contributed by atoms with Crippen molar-refractivity contribution >= 4 is 33.0 Å². The Morgan fingerprint density at radius 3 is 2.64 bits per heavy atom. The van der Waals surface area contributed by atoms with Crippen LogP contribution in [0.25, 0.3) is 0 Å². The molecule has 36 heavy (non-hydrogen) atoms. The van der Waals surface area contributed by atoms with Crippen molar-refractivity contribution in [3.05, 3.63) is 53.8 Å². The second-order valence-corrected chi connectivity index (χ2v) is 15.1. The van der Waals surface area contributed by atoms with E-state index in [1.165, 1.54) is 0 Å². The summed E-state index contributed by atoms with van der Waals surface area (Å²) in [6.45, 7) is 16.4. The van der Waals surface area contributed by atoms with Gasteiger partial charge in [0.25, 0.3) is 0 Å². The van der Waals surface area contributed by atoms with Crippen molar-refractivity contribution in [3.8, 4) is 17.7 Å². The number of anilines is 1. The molecule has 3 rings (SSSR count). The van der Waals surface area contributed by atoms with E-state index in [-0.39, 0.29) is 16.5 Å². The molecule has 8 nitrogen and oxygen atoms in total. The molecule has 2 aromatic rings. The maximum Gasteiger partial charge on any atom is 0.564 e. The fourth-order valence-electron chi connectivity index (χ4n) is 3.55. The number of rotatable bonds is 10. The van der Waals surface area contributed by atoms with E-state index < -0.39 is 21.0 Å². The molecule has 2 heterocycles. The molecular formula is C26H34BN3O5Si. The molecule has 1 aliphatic heterocycles. The van der Waals surface area contributed by atoms with Crippen LogP contribution in [0, 0.1) is 11.3 Å². The lowest BCUT2D eigenvalue weighted by atomic mass is 9.76. The molecular weight excluding hydrogens is 473 g/mol. The van der Waals surface area contributed by atoms with Gasteiger partial charge in [0, 0.05) is 17.6 Å². The molecule has 190 valence electrons. The van der Waals surface area contributed by atoms with Crippen LogP contribution in [-0.2, 0) is 9.31 Å². The van der Waals surface area contributed by atoms with E-state index in [4.69, 9.17) is 14.0 Å². The fraction of sp³-hybridized carbons (Fsp3) is 0.423. The number of nitrogens with one attached hydrogen (secondary N) is 1. The predicted molar refractivity (Wildman–Crippen MR) is 143 cm³/mol. The van der Waals surface area contributed by atoms with Gasteiger partial charge in [0.2, 0.25) is 5.88 Å². The summed E-state index contributed by atoms with van der Waals surface area (Å²) in [4.78, 5) is 26.7. The number of benzene rings is 1. The number of nitrogens with zero attached hydrogens (tertiary/aromatic N) is 2. The van der Waals surface area contributed by atoms with Crippen molar-refractivity contribution in [2.24, 2.45) is 0 Å². The third-order valence-corrected chi connectivity index (χ3v) is 10.5. The van der Waals surface area contributed by atoms with Crippen molar-refractivity contribution in [2.45, 2.75) is 64.3 Å². The lowest BCUT2D eigenvalue weighted by molar-refractivity contribution is 0.112. The van der Waals surface area contributed by atoms with Gasteiger partial charge in [-0.3, -0.25) is 4.79 Å². The summed E-state index contributed by atoms with van der Waals surface area (Å²) in [6, 6.07) is 10.4. The van der Waals surface area contributed by atoms with Crippen molar-refractivity contribution < 1.29 is 23.6 Å². The quantitative estimate of drug-likeness (QED) is 0.269. The average Bonchev–Trinajstić information content (AvgIpc) is 3.08. The Labute approximate surface area is 214 Å². The van der Waals surface area contributed by atoms with Crippen LogP contribution < -0.4 is 15.5 Å². The number of nitriles is 1. The molecule has 0 amide bonds. The van der Waals surface area contributed by atoms with Crippen LogP contribution in [0.1, 0.15) is 56.5 Å². The summed E-state index contributed by atoms with van der Waals surface area (Å²) >= 11 is 0. The van der Waals surface area contributed by atoms with Gasteiger partial charge in [0.05, 0.1) is 5.76 Å². The van der Waals surface area contributed by atoms with E-state index in [1.54, 1.807) is 30.3 Å². The highest BCUT2D eigenvalue weighted by Gasteiger charge is 2.43. The smallest absolute Gasteiger partial charge is 0.534 e. The number of aldehydes is 1. The highest BCUT2D eigenvalue weighted by molar-refractivity contribution is 6.72. The third-order valence-electron chi connectivity index (χ3n) is 6.90. The molecule has 0 spiro atoms. The van der Waals surface area contributed by atoms with Crippen LogP contribution in [0.2, 0.25) is 18.1 Å². The lowest BCUT2D eigenvalue weighted by Crippen LogP contribution is -2.39. The van der Waals surface area contributed by atoms with Crippen LogP contribution in [-0.4, -0.2) is 43.6 Å². The number of carbonyl (C=O) groups excluding carboxylic acids is 1. The molecule has 1 aliphatic rings. The van der Waals surface area contributed by atoms with E-state index in [9.17, 15) is 14.9 Å². The third kappa shape index (κ3) is 6.16. The largest absolute Gasteiger partial charge is 0.564 e. The minimum absolute atomic E-state index is 0.0962. The second kappa shape index (κ2) is 10.5. The summed E-state index contributed by atoms with van der Waals surface area (Å²) in [5.41, 5.74) is 0.510. The van der Waals surface area contributed by atoms with Gasteiger partial charge in [-0.25, -0.2) is 0 Å². The molecule has 2 N–H and O–H groups in total. The zero-order valence-electron chi connectivity index (χ0n) is 21.8. The molecule has 1 saturated heterocycles. The maximum absolute atomic E-state index is 11.8. The number of ether oxygens (including phenoxy) is 1. The first-order valence-corrected chi connectivity index (χ1v) is 14.9. The zero-order valence-corrected chi connectivity index (χ0v) is 22.8. The Hall–Kier alpha value is -3.13. The minimum Gasteiger partial charge on any atom is -0.534 e. The van der Waals surface area contributed by atoms with Crippen molar-refractivity contribution in [1.82, 2.24) is 4.98 Å². The Bertz CT molecular complexity index is 1190. The van der Waals surface area contributed by atoms with Crippen LogP contribution >= 0.6 is 0 Å². The van der Waals surface area contributed by atoms with Gasteiger partial charge in [-0.2, -0.15) is 10.2 Å². The molecule has 0 unspecified atom stereocenters. The number of hydrogen-bond acceptors (Lipinski definition) is 8. The topological polar surface area (TPSA) is 114 Å². The van der Waals surface area contributed by atoms with Crippen LogP contribution in [0.15, 0.2) is 42.7 Å². The van der Waals surface area contributed by atoms with E-state index in [0.29, 0.717) is 41.2 Å². The van der Waals surface area contributed by atoms with Crippen LogP contribution in [0.5, 0.6) is 11.6 Å². The fourth-order valence-corrected chi connectivity index (χ4v) is 4.34. The molecule has 1 aromatic carbocycles. The monoisotopic (exact) mass is 507 g/mol. The van der Waals surface area contributed by atoms with E-state index >= 15 is 0 Å². The summed E-state index contributed by atoms with van der Waals surface area (Å²) in [7, 11) is -3.00. The minimum atomic E-state index is -2.25. The van der Waals surface area contributed by atoms with Crippen molar-refractivity contribution in [2.75, 3.05) is 11.9 Å². The lowest BCUT2D eigenvalue weighted by Gasteiger charge is -2.35. The highest BCUT2D eigenvalue weighted by Crippen LogP contribution is 2.39. The average molecular weight is 507 g/mol. The van der Waals surface area contributed by atoms with Crippen molar-refractivity contribution in [1.29, 1.82) is 5.26 Å². The first kappa shape index (κ1) is 27.5. The van der Waals surface area contributed by atoms with Crippen molar-refractivity contribution in [3.63, 3.8) is 0 Å². The van der Waals surface area contributed by atoms with Gasteiger partial charge >= 0.3 is 7.12 Å². The van der Waals surface area contributed by atoms with Gasteiger partial charge < -0.3 is 24.2 Å². The molecule has 0 aliphatic carbocycles. The molecule has 1 aromatic heterocycles. The van der Waals surface area contributed by atoms with Gasteiger partial charge in [-0.1, -0.05) is 26.5 Å². The predicted octanol–water partition coefficient (Wildman–Crippen LogP) is 4.76. The Kier molecular flexibility index (Phi) is 7.98. The van der Waals surface area contributed by atoms with E-state index in [0.717, 1.165) is 12.8 Å². The van der Waals surface area contributed by atoms with Crippen LogP contribution in [0.3, 0.4) is 0 Å². The second-order valence-electron chi connectivity index (χ2n) is 10.6. The number of pyridine rings is 1. The molecule has 0 atom stereocenters. The van der Waals surface area contributed by atoms with E-state index in [2.05, 4.69) is 36.8 Å². The summed E-state index contributed by atoms with van der Waals surface area (Å²) in [5, 5.41) is 12.7. The summed E-state index contributed by atoms with van der Waals surface area (Å²) in [5.74, 6) is 1.56. The number of carbonyl (C=O) groups is 1. The van der Waals surface area contributed by atoms with E-state index in [1.807, 2.05) is 26.9 Å². The molecule has 0 radical (unpaired) electrons. The normalized spacial score (nSPS) is 15.3. The highest BCUT2D eigenvalue weighted by atomic mass is 28.4. The first-order valence-electron chi connectivity index (χ1n) is 12.0. The Balaban J connectivity index is 1.72.